The van der Waals surface area contributed by atoms with Crippen molar-refractivity contribution < 1.29 is 4.79 Å². The fourth-order valence-corrected chi connectivity index (χ4v) is 1.44. The molecule has 1 heteroatoms. The maximum absolute atomic E-state index is 10.9. The molecule has 1 atom stereocenters. The summed E-state index contributed by atoms with van der Waals surface area (Å²) in [7, 11) is 0. The van der Waals surface area contributed by atoms with E-state index >= 15 is 0 Å². The summed E-state index contributed by atoms with van der Waals surface area (Å²) in [6.07, 6.45) is 12.2. The highest BCUT2D eigenvalue weighted by molar-refractivity contribution is 5.64. The van der Waals surface area contributed by atoms with Gasteiger partial charge < -0.3 is 4.79 Å². The fourth-order valence-electron chi connectivity index (χ4n) is 1.44. The van der Waals surface area contributed by atoms with E-state index in [4.69, 9.17) is 6.92 Å². The lowest BCUT2D eigenvalue weighted by Crippen LogP contribution is -2.20. The van der Waals surface area contributed by atoms with Crippen LogP contribution >= 0.6 is 0 Å². The van der Waals surface area contributed by atoms with Gasteiger partial charge in [0.25, 0.3) is 0 Å². The number of carbonyl (C=O) groups is 1. The van der Waals surface area contributed by atoms with Crippen molar-refractivity contribution in [2.24, 2.45) is 5.41 Å². The maximum atomic E-state index is 10.9. The molecule has 0 spiro atoms. The second-order valence-corrected chi connectivity index (χ2v) is 3.23. The first-order valence-corrected chi connectivity index (χ1v) is 4.34. The Morgan fingerprint density at radius 1 is 1.50 bits per heavy atom. The molecule has 0 aromatic heterocycles. The second-order valence-electron chi connectivity index (χ2n) is 3.23. The van der Waals surface area contributed by atoms with E-state index in [2.05, 4.69) is 0 Å². The van der Waals surface area contributed by atoms with E-state index in [9.17, 15) is 4.79 Å². The summed E-state index contributed by atoms with van der Waals surface area (Å²) in [5.74, 6) is 0. The number of hydrogen-bond acceptors (Lipinski definition) is 1. The van der Waals surface area contributed by atoms with Crippen LogP contribution in [0.4, 0.5) is 0 Å². The molecule has 2 radical (unpaired) electrons. The highest BCUT2D eigenvalue weighted by atomic mass is 16.1. The molecule has 0 heterocycles. The van der Waals surface area contributed by atoms with Gasteiger partial charge in [0, 0.05) is 5.41 Å². The molecule has 1 aliphatic rings. The van der Waals surface area contributed by atoms with Crippen LogP contribution < -0.4 is 0 Å². The molecule has 0 saturated heterocycles. The molecule has 0 bridgehead atoms. The lowest BCUT2D eigenvalue weighted by atomic mass is 9.79. The van der Waals surface area contributed by atoms with Gasteiger partial charge in [0.05, 0.1) is 0 Å². The topological polar surface area (TPSA) is 17.1 Å². The number of hydrogen-bond donors (Lipinski definition) is 0. The summed E-state index contributed by atoms with van der Waals surface area (Å²) in [6.45, 7) is 5.40. The first-order chi connectivity index (χ1) is 5.83. The zero-order chi connectivity index (χ0) is 8.86. The average molecular weight is 162 g/mol. The van der Waals surface area contributed by atoms with Crippen molar-refractivity contribution in [1.29, 1.82) is 0 Å². The highest BCUT2D eigenvalue weighted by Gasteiger charge is 2.25. The van der Waals surface area contributed by atoms with E-state index in [0.29, 0.717) is 6.42 Å². The minimum Gasteiger partial charge on any atom is -0.302 e. The van der Waals surface area contributed by atoms with Crippen LogP contribution in [0.3, 0.4) is 0 Å². The predicted octanol–water partition coefficient (Wildman–Crippen LogP) is 2.57. The summed E-state index contributed by atoms with van der Waals surface area (Å²) in [5, 5.41) is 0. The van der Waals surface area contributed by atoms with Crippen LogP contribution in [0.15, 0.2) is 24.3 Å². The van der Waals surface area contributed by atoms with Gasteiger partial charge in [-0.2, -0.15) is 0 Å². The Hall–Kier alpha value is -0.850. The van der Waals surface area contributed by atoms with Crippen LogP contribution in [-0.2, 0) is 4.79 Å². The van der Waals surface area contributed by atoms with Gasteiger partial charge in [-0.1, -0.05) is 30.7 Å². The summed E-state index contributed by atoms with van der Waals surface area (Å²) < 4.78 is 0. The molecule has 0 aromatic carbocycles. The maximum Gasteiger partial charge on any atom is 0.130 e. The van der Waals surface area contributed by atoms with Gasteiger partial charge in [0.1, 0.15) is 6.29 Å². The number of allylic oxidation sites excluding steroid dienone is 4. The van der Waals surface area contributed by atoms with E-state index < -0.39 is 0 Å². The summed E-state index contributed by atoms with van der Waals surface area (Å²) >= 11 is 0. The van der Waals surface area contributed by atoms with Crippen molar-refractivity contribution in [1.82, 2.24) is 0 Å². The van der Waals surface area contributed by atoms with E-state index in [1.165, 1.54) is 0 Å². The number of unbranched alkanes of at least 4 members (excludes halogenated alkanes) is 1. The monoisotopic (exact) mass is 162 g/mol. The number of carbonyl (C=O) groups excluding carboxylic acids is 1. The SMILES string of the molecule is [CH]CCCC1(C=O)C=CC=CC1. The minimum atomic E-state index is -0.256. The molecule has 0 amide bonds. The van der Waals surface area contributed by atoms with Crippen LogP contribution in [0.5, 0.6) is 0 Å². The van der Waals surface area contributed by atoms with Crippen molar-refractivity contribution in [3.05, 3.63) is 31.2 Å². The van der Waals surface area contributed by atoms with Crippen molar-refractivity contribution >= 4 is 6.29 Å². The van der Waals surface area contributed by atoms with E-state index in [0.717, 1.165) is 25.5 Å². The van der Waals surface area contributed by atoms with Crippen LogP contribution in [0.2, 0.25) is 0 Å². The molecule has 0 aromatic rings. The molecular formula is C11H14O. The standard InChI is InChI=1S/C11H14O/c1-2-3-7-11(10-12)8-5-4-6-9-11/h1,4-6,8,10H,2-3,7,9H2. The Labute approximate surface area is 74.2 Å². The molecule has 0 fully saturated rings. The molecular weight excluding hydrogens is 148 g/mol. The largest absolute Gasteiger partial charge is 0.302 e. The van der Waals surface area contributed by atoms with Crippen LogP contribution in [-0.4, -0.2) is 6.29 Å². The zero-order valence-corrected chi connectivity index (χ0v) is 7.20. The molecule has 1 rings (SSSR count). The van der Waals surface area contributed by atoms with Crippen LogP contribution in [0, 0.1) is 12.3 Å². The third-order valence-electron chi connectivity index (χ3n) is 2.25. The Balaban J connectivity index is 2.57. The van der Waals surface area contributed by atoms with Gasteiger partial charge in [-0.15, -0.1) is 0 Å². The van der Waals surface area contributed by atoms with Crippen molar-refractivity contribution in [2.75, 3.05) is 0 Å². The molecule has 0 saturated carbocycles. The molecule has 0 N–H and O–H groups in total. The first-order valence-electron chi connectivity index (χ1n) is 4.34. The molecule has 1 nitrogen and oxygen atoms in total. The van der Waals surface area contributed by atoms with Crippen LogP contribution in [0.1, 0.15) is 25.7 Å². The Morgan fingerprint density at radius 2 is 2.33 bits per heavy atom. The second kappa shape index (κ2) is 4.24. The Bertz CT molecular complexity index is 203. The number of aldehydes is 1. The molecule has 64 valence electrons. The van der Waals surface area contributed by atoms with E-state index in [1.54, 1.807) is 0 Å². The van der Waals surface area contributed by atoms with E-state index in [1.807, 2.05) is 24.3 Å². The summed E-state index contributed by atoms with van der Waals surface area (Å²) in [4.78, 5) is 10.9. The lowest BCUT2D eigenvalue weighted by Gasteiger charge is -2.24. The predicted molar refractivity (Wildman–Crippen MR) is 49.5 cm³/mol. The van der Waals surface area contributed by atoms with Crippen molar-refractivity contribution in [3.63, 3.8) is 0 Å². The van der Waals surface area contributed by atoms with Gasteiger partial charge in [-0.3, -0.25) is 0 Å². The minimum absolute atomic E-state index is 0.256. The molecule has 1 unspecified atom stereocenters. The fraction of sp³-hybridized carbons (Fsp3) is 0.455. The van der Waals surface area contributed by atoms with Crippen LogP contribution in [0.25, 0.3) is 0 Å². The van der Waals surface area contributed by atoms with Gasteiger partial charge in [-0.25, -0.2) is 0 Å². The molecule has 12 heavy (non-hydrogen) atoms. The zero-order valence-electron chi connectivity index (χ0n) is 7.20. The van der Waals surface area contributed by atoms with Crippen molar-refractivity contribution in [2.45, 2.75) is 25.7 Å². The average Bonchev–Trinajstić information content (AvgIpc) is 2.16. The number of rotatable bonds is 4. The van der Waals surface area contributed by atoms with Gasteiger partial charge in [0.15, 0.2) is 0 Å². The Morgan fingerprint density at radius 3 is 2.83 bits per heavy atom. The summed E-state index contributed by atoms with van der Waals surface area (Å²) in [5.41, 5.74) is -0.256. The third-order valence-corrected chi connectivity index (χ3v) is 2.25. The Kier molecular flexibility index (Phi) is 3.27. The molecule has 1 aliphatic carbocycles. The van der Waals surface area contributed by atoms with Gasteiger partial charge in [0.2, 0.25) is 0 Å². The van der Waals surface area contributed by atoms with E-state index in [-0.39, 0.29) is 5.41 Å². The van der Waals surface area contributed by atoms with Gasteiger partial charge >= 0.3 is 0 Å². The third kappa shape index (κ3) is 2.07. The normalized spacial score (nSPS) is 27.4. The first kappa shape index (κ1) is 9.24. The molecule has 0 aliphatic heterocycles. The smallest absolute Gasteiger partial charge is 0.130 e. The highest BCUT2D eigenvalue weighted by Crippen LogP contribution is 2.30. The summed E-state index contributed by atoms with van der Waals surface area (Å²) in [6, 6.07) is 0. The lowest BCUT2D eigenvalue weighted by molar-refractivity contribution is -0.114. The van der Waals surface area contributed by atoms with Crippen molar-refractivity contribution in [3.8, 4) is 0 Å². The quantitative estimate of drug-likeness (QED) is 0.581. The van der Waals surface area contributed by atoms with Gasteiger partial charge in [-0.05, 0) is 26.2 Å².